The zero-order chi connectivity index (χ0) is 28.5. The summed E-state index contributed by atoms with van der Waals surface area (Å²) in [6, 6.07) is 16.8. The van der Waals surface area contributed by atoms with Crippen molar-refractivity contribution >= 4 is 28.7 Å². The van der Waals surface area contributed by atoms with Crippen LogP contribution in [0.25, 0.3) is 34.1 Å². The summed E-state index contributed by atoms with van der Waals surface area (Å²) in [4.78, 5) is 26.2. The molecule has 0 spiro atoms. The highest BCUT2D eigenvalue weighted by Crippen LogP contribution is 2.36. The molecule has 5 aromatic rings. The van der Waals surface area contributed by atoms with E-state index in [-0.39, 0.29) is 11.7 Å². The molecule has 0 bridgehead atoms. The number of anilines is 1. The van der Waals surface area contributed by atoms with Crippen LogP contribution in [0.2, 0.25) is 5.02 Å². The summed E-state index contributed by atoms with van der Waals surface area (Å²) in [7, 11) is 0. The van der Waals surface area contributed by atoms with Gasteiger partial charge in [0.1, 0.15) is 11.2 Å². The average Bonchev–Trinajstić information content (AvgIpc) is 3.56. The van der Waals surface area contributed by atoms with Crippen LogP contribution in [0, 0.1) is 11.8 Å². The van der Waals surface area contributed by atoms with Crippen molar-refractivity contribution in [2.24, 2.45) is 11.8 Å². The molecule has 1 fully saturated rings. The lowest BCUT2D eigenvalue weighted by atomic mass is 9.83. The third-order valence-electron chi connectivity index (χ3n) is 7.83. The molecule has 0 aliphatic heterocycles. The lowest BCUT2D eigenvalue weighted by Gasteiger charge is -2.28. The largest absolute Gasteiger partial charge is 0.434 e. The van der Waals surface area contributed by atoms with Crippen molar-refractivity contribution in [3.8, 4) is 23.0 Å². The van der Waals surface area contributed by atoms with Crippen molar-refractivity contribution in [1.82, 2.24) is 29.7 Å². The van der Waals surface area contributed by atoms with Gasteiger partial charge in [0.2, 0.25) is 11.8 Å². The van der Waals surface area contributed by atoms with Gasteiger partial charge in [-0.25, -0.2) is 19.9 Å². The molecule has 1 saturated carbocycles. The zero-order valence-corrected chi connectivity index (χ0v) is 23.7. The minimum Gasteiger partial charge on any atom is -0.391 e. The molecule has 2 atom stereocenters. The fraction of sp³-hybridized carbons (Fsp3) is 0.367. The molecule has 0 unspecified atom stereocenters. The van der Waals surface area contributed by atoms with Gasteiger partial charge in [0.15, 0.2) is 5.65 Å². The predicted octanol–water partition coefficient (Wildman–Crippen LogP) is 5.85. The molecular weight excluding hydrogens is 542 g/mol. The van der Waals surface area contributed by atoms with Gasteiger partial charge in [0, 0.05) is 17.1 Å². The van der Waals surface area contributed by atoms with Gasteiger partial charge < -0.3 is 19.4 Å². The molecule has 3 N–H and O–H groups in total. The number of aliphatic hydroxyl groups excluding tert-OH is 1. The Labute approximate surface area is 241 Å². The Morgan fingerprint density at radius 2 is 1.88 bits per heavy atom. The number of hydrogen-bond acceptors (Lipinski definition) is 8. The second kappa shape index (κ2) is 11.5. The number of hydrogen-bond donors (Lipinski definition) is 3. The Morgan fingerprint density at radius 3 is 2.56 bits per heavy atom. The maximum absolute atomic E-state index is 11.7. The number of aliphatic hydroxyl groups is 1. The Kier molecular flexibility index (Phi) is 7.59. The van der Waals surface area contributed by atoms with E-state index in [4.69, 9.17) is 26.0 Å². The molecule has 41 heavy (non-hydrogen) atoms. The number of rotatable bonds is 8. The van der Waals surface area contributed by atoms with E-state index in [0.717, 1.165) is 35.4 Å². The number of aromatic amines is 1. The van der Waals surface area contributed by atoms with E-state index in [0.29, 0.717) is 34.8 Å². The van der Waals surface area contributed by atoms with Crippen LogP contribution in [-0.4, -0.2) is 40.9 Å². The highest BCUT2D eigenvalue weighted by molar-refractivity contribution is 6.30. The standard InChI is InChI=1S/C30H32ClN7O3/c1-17-11-13-19(14-12-17)16-38-25-24(21-9-6-10-22(31)15-21)32-27(28-36-37-30(40)41-28)34-26(25)35-29(38)33-23(18(2)39)20-7-4-3-5-8-20/h3-10,15,17-19,23,39H,11-14,16H2,1-2H3,(H,37,40)(H,32,33,34,35)/t17-,18-,19-,23-/m0/s1. The van der Waals surface area contributed by atoms with E-state index in [2.05, 4.69) is 32.0 Å². The van der Waals surface area contributed by atoms with Gasteiger partial charge >= 0.3 is 5.76 Å². The molecule has 2 aromatic carbocycles. The van der Waals surface area contributed by atoms with Crippen LogP contribution in [0.4, 0.5) is 5.95 Å². The molecule has 3 aromatic heterocycles. The van der Waals surface area contributed by atoms with Gasteiger partial charge in [0.05, 0.1) is 12.1 Å². The number of benzene rings is 2. The highest BCUT2D eigenvalue weighted by Gasteiger charge is 2.27. The SMILES string of the molecule is C[C@H](O)[C@H](Nc1nc2nc(-c3n[nH]c(=O)o3)nc(-c3cccc(Cl)c3)c2n1C[C@H]1CC[C@H](C)CC1)c1ccccc1. The van der Waals surface area contributed by atoms with Crippen molar-refractivity contribution in [3.05, 3.63) is 75.7 Å². The summed E-state index contributed by atoms with van der Waals surface area (Å²) in [5.74, 6) is 1.14. The molecule has 11 heteroatoms. The number of nitrogens with zero attached hydrogens (tertiary/aromatic N) is 5. The third kappa shape index (κ3) is 5.75. The molecule has 0 saturated heterocycles. The van der Waals surface area contributed by atoms with Crippen molar-refractivity contribution in [3.63, 3.8) is 0 Å². The number of halogens is 1. The van der Waals surface area contributed by atoms with Crippen LogP contribution in [0.5, 0.6) is 0 Å². The van der Waals surface area contributed by atoms with Crippen LogP contribution in [0.15, 0.2) is 63.8 Å². The summed E-state index contributed by atoms with van der Waals surface area (Å²) in [5, 5.41) is 21.1. The second-order valence-corrected chi connectivity index (χ2v) is 11.4. The lowest BCUT2D eigenvalue weighted by molar-refractivity contribution is 0.171. The maximum atomic E-state index is 11.7. The van der Waals surface area contributed by atoms with Crippen molar-refractivity contribution in [2.75, 3.05) is 5.32 Å². The van der Waals surface area contributed by atoms with Crippen molar-refractivity contribution in [1.29, 1.82) is 0 Å². The van der Waals surface area contributed by atoms with Gasteiger partial charge in [-0.2, -0.15) is 4.98 Å². The van der Waals surface area contributed by atoms with Crippen molar-refractivity contribution in [2.45, 2.75) is 58.2 Å². The van der Waals surface area contributed by atoms with Gasteiger partial charge in [-0.1, -0.05) is 73.8 Å². The fourth-order valence-electron chi connectivity index (χ4n) is 5.63. The summed E-state index contributed by atoms with van der Waals surface area (Å²) in [5.41, 5.74) is 3.44. The molecule has 1 aliphatic carbocycles. The minimum atomic E-state index is -0.700. The third-order valence-corrected chi connectivity index (χ3v) is 8.07. The molecule has 3 heterocycles. The summed E-state index contributed by atoms with van der Waals surface area (Å²) >= 11 is 6.41. The topological polar surface area (TPSA) is 135 Å². The first-order chi connectivity index (χ1) is 19.9. The van der Waals surface area contributed by atoms with E-state index in [1.165, 1.54) is 12.8 Å². The first kappa shape index (κ1) is 27.2. The summed E-state index contributed by atoms with van der Waals surface area (Å²) in [6.45, 7) is 4.78. The van der Waals surface area contributed by atoms with Crippen LogP contribution in [0.3, 0.4) is 0 Å². The second-order valence-electron chi connectivity index (χ2n) is 10.9. The minimum absolute atomic E-state index is 0.0309. The van der Waals surface area contributed by atoms with Crippen LogP contribution >= 0.6 is 11.6 Å². The quantitative estimate of drug-likeness (QED) is 0.210. The van der Waals surface area contributed by atoms with Gasteiger partial charge in [0.25, 0.3) is 5.89 Å². The van der Waals surface area contributed by atoms with E-state index >= 15 is 0 Å². The maximum Gasteiger partial charge on any atom is 0.434 e. The van der Waals surface area contributed by atoms with Gasteiger partial charge in [-0.15, -0.1) is 5.10 Å². The molecule has 0 radical (unpaired) electrons. The number of imidazole rings is 1. The van der Waals surface area contributed by atoms with E-state index in [9.17, 15) is 9.90 Å². The van der Waals surface area contributed by atoms with Gasteiger partial charge in [-0.3, -0.25) is 0 Å². The number of H-pyrrole nitrogens is 1. The molecular formula is C30H32ClN7O3. The molecule has 6 rings (SSSR count). The lowest BCUT2D eigenvalue weighted by Crippen LogP contribution is -2.26. The number of aromatic nitrogens is 6. The Balaban J connectivity index is 1.55. The van der Waals surface area contributed by atoms with Crippen LogP contribution in [-0.2, 0) is 6.54 Å². The number of nitrogens with one attached hydrogen (secondary N) is 2. The zero-order valence-electron chi connectivity index (χ0n) is 22.9. The Bertz CT molecular complexity index is 1700. The molecule has 10 nitrogen and oxygen atoms in total. The van der Waals surface area contributed by atoms with Crippen molar-refractivity contribution < 1.29 is 9.52 Å². The van der Waals surface area contributed by atoms with E-state index in [1.54, 1.807) is 13.0 Å². The van der Waals surface area contributed by atoms with E-state index in [1.807, 2.05) is 48.5 Å². The number of fused-ring (bicyclic) bond motifs is 1. The van der Waals surface area contributed by atoms with E-state index < -0.39 is 17.9 Å². The van der Waals surface area contributed by atoms with Crippen LogP contribution in [0.1, 0.15) is 51.1 Å². The first-order valence-electron chi connectivity index (χ1n) is 14.0. The molecule has 1 aliphatic rings. The smallest absolute Gasteiger partial charge is 0.391 e. The monoisotopic (exact) mass is 573 g/mol. The average molecular weight is 574 g/mol. The molecule has 0 amide bonds. The summed E-state index contributed by atoms with van der Waals surface area (Å²) < 4.78 is 7.33. The normalized spacial score (nSPS) is 18.8. The fourth-order valence-corrected chi connectivity index (χ4v) is 5.82. The highest BCUT2D eigenvalue weighted by atomic mass is 35.5. The Hall–Kier alpha value is -4.02. The summed E-state index contributed by atoms with van der Waals surface area (Å²) in [6.07, 6.45) is 3.89. The van der Waals surface area contributed by atoms with Gasteiger partial charge in [-0.05, 0) is 49.3 Å². The predicted molar refractivity (Wildman–Crippen MR) is 157 cm³/mol. The Morgan fingerprint density at radius 1 is 1.10 bits per heavy atom. The molecule has 212 valence electrons. The first-order valence-corrected chi connectivity index (χ1v) is 14.3. The van der Waals surface area contributed by atoms with Crippen LogP contribution < -0.4 is 11.1 Å².